The van der Waals surface area contributed by atoms with Gasteiger partial charge in [-0.1, -0.05) is 37.3 Å². The molecule has 2 heterocycles. The Labute approximate surface area is 144 Å². The van der Waals surface area contributed by atoms with Crippen LogP contribution in [0, 0.1) is 0 Å². The first kappa shape index (κ1) is 16.7. The molecule has 0 aliphatic carbocycles. The molecule has 0 radical (unpaired) electrons. The van der Waals surface area contributed by atoms with Gasteiger partial charge in [-0.2, -0.15) is 0 Å². The van der Waals surface area contributed by atoms with E-state index in [2.05, 4.69) is 74.9 Å². The Morgan fingerprint density at radius 2 is 1.75 bits per heavy atom. The molecule has 1 saturated heterocycles. The molecule has 5 nitrogen and oxygen atoms in total. The second kappa shape index (κ2) is 8.11. The van der Waals surface area contributed by atoms with Crippen molar-refractivity contribution in [2.45, 2.75) is 20.4 Å². The molecule has 0 unspecified atom stereocenters. The average molecular weight is 325 g/mol. The summed E-state index contributed by atoms with van der Waals surface area (Å²) in [6.07, 6.45) is 1.70. The van der Waals surface area contributed by atoms with Gasteiger partial charge in [-0.15, -0.1) is 0 Å². The van der Waals surface area contributed by atoms with Crippen LogP contribution in [0.4, 0.5) is 11.6 Å². The first-order chi connectivity index (χ1) is 11.8. The lowest BCUT2D eigenvalue weighted by Crippen LogP contribution is -2.46. The number of aromatic nitrogens is 2. The zero-order valence-corrected chi connectivity index (χ0v) is 14.7. The predicted octanol–water partition coefficient (Wildman–Crippen LogP) is 2.65. The van der Waals surface area contributed by atoms with Crippen LogP contribution in [0.15, 0.2) is 42.7 Å². The van der Waals surface area contributed by atoms with Crippen molar-refractivity contribution in [3.8, 4) is 0 Å². The number of hydrogen-bond donors (Lipinski definition) is 0. The maximum absolute atomic E-state index is 4.51. The highest BCUT2D eigenvalue weighted by Crippen LogP contribution is 2.20. The van der Waals surface area contributed by atoms with Gasteiger partial charge in [-0.25, -0.2) is 9.97 Å². The molecule has 0 amide bonds. The molecule has 1 fully saturated rings. The average Bonchev–Trinajstić information content (AvgIpc) is 2.67. The quantitative estimate of drug-likeness (QED) is 0.816. The predicted molar refractivity (Wildman–Crippen MR) is 99.5 cm³/mol. The molecule has 5 heteroatoms. The number of benzene rings is 1. The van der Waals surface area contributed by atoms with Crippen molar-refractivity contribution in [1.82, 2.24) is 14.9 Å². The van der Waals surface area contributed by atoms with Crippen LogP contribution in [0.3, 0.4) is 0 Å². The summed E-state index contributed by atoms with van der Waals surface area (Å²) in [5.74, 6) is 2.05. The number of rotatable bonds is 6. The number of hydrogen-bond acceptors (Lipinski definition) is 5. The standard InChI is InChI=1S/C19H27N5/c1-3-22-10-12-24(13-11-22)19-14-18(20-16-21-19)23(4-2)15-17-8-6-5-7-9-17/h5-9,14,16H,3-4,10-13,15H2,1-2H3. The summed E-state index contributed by atoms with van der Waals surface area (Å²) in [7, 11) is 0. The Kier molecular flexibility index (Phi) is 5.64. The van der Waals surface area contributed by atoms with E-state index in [-0.39, 0.29) is 0 Å². The van der Waals surface area contributed by atoms with Gasteiger partial charge < -0.3 is 14.7 Å². The molecule has 1 aliphatic heterocycles. The van der Waals surface area contributed by atoms with Crippen LogP contribution < -0.4 is 9.80 Å². The third-order valence-electron chi connectivity index (χ3n) is 4.70. The number of nitrogens with zero attached hydrogens (tertiary/aromatic N) is 5. The van der Waals surface area contributed by atoms with Crippen LogP contribution in [0.25, 0.3) is 0 Å². The summed E-state index contributed by atoms with van der Waals surface area (Å²) >= 11 is 0. The van der Waals surface area contributed by atoms with Gasteiger partial charge in [0.1, 0.15) is 18.0 Å². The zero-order chi connectivity index (χ0) is 16.8. The minimum Gasteiger partial charge on any atom is -0.354 e. The van der Waals surface area contributed by atoms with Crippen LogP contribution in [0.1, 0.15) is 19.4 Å². The zero-order valence-electron chi connectivity index (χ0n) is 14.7. The van der Waals surface area contributed by atoms with Crippen LogP contribution in [-0.2, 0) is 6.54 Å². The SMILES string of the molecule is CCN1CCN(c2cc(N(CC)Cc3ccccc3)ncn2)CC1. The van der Waals surface area contributed by atoms with Crippen LogP contribution in [0.5, 0.6) is 0 Å². The minimum absolute atomic E-state index is 0.872. The minimum atomic E-state index is 0.872. The molecule has 3 rings (SSSR count). The summed E-state index contributed by atoms with van der Waals surface area (Å²) in [6, 6.07) is 12.7. The van der Waals surface area contributed by atoms with Gasteiger partial charge in [0.05, 0.1) is 0 Å². The highest BCUT2D eigenvalue weighted by Gasteiger charge is 2.18. The lowest BCUT2D eigenvalue weighted by atomic mass is 10.2. The summed E-state index contributed by atoms with van der Waals surface area (Å²) in [4.78, 5) is 16.2. The van der Waals surface area contributed by atoms with E-state index in [9.17, 15) is 0 Å². The normalized spacial score (nSPS) is 15.5. The van der Waals surface area contributed by atoms with Crippen molar-refractivity contribution in [1.29, 1.82) is 0 Å². The molecule has 1 aromatic heterocycles. The molecular formula is C19H27N5. The first-order valence-electron chi connectivity index (χ1n) is 8.88. The van der Waals surface area contributed by atoms with E-state index in [1.165, 1.54) is 5.56 Å². The summed E-state index contributed by atoms with van der Waals surface area (Å²) in [5.41, 5.74) is 1.30. The van der Waals surface area contributed by atoms with E-state index in [4.69, 9.17) is 0 Å². The van der Waals surface area contributed by atoms with Crippen molar-refractivity contribution in [2.75, 3.05) is 49.1 Å². The second-order valence-electron chi connectivity index (χ2n) is 6.16. The molecule has 128 valence electrons. The number of likely N-dealkylation sites (N-methyl/N-ethyl adjacent to an activating group) is 1. The summed E-state index contributed by atoms with van der Waals surface area (Å²) in [5, 5.41) is 0. The molecule has 1 aromatic carbocycles. The fraction of sp³-hybridized carbons (Fsp3) is 0.474. The molecule has 2 aromatic rings. The highest BCUT2D eigenvalue weighted by molar-refractivity contribution is 5.50. The molecule has 0 atom stereocenters. The highest BCUT2D eigenvalue weighted by atomic mass is 15.3. The van der Waals surface area contributed by atoms with Crippen LogP contribution in [0.2, 0.25) is 0 Å². The fourth-order valence-electron chi connectivity index (χ4n) is 3.13. The topological polar surface area (TPSA) is 35.5 Å². The van der Waals surface area contributed by atoms with Crippen molar-refractivity contribution >= 4 is 11.6 Å². The Morgan fingerprint density at radius 3 is 2.42 bits per heavy atom. The van der Waals surface area contributed by atoms with Gasteiger partial charge in [0, 0.05) is 45.3 Å². The Morgan fingerprint density at radius 1 is 1.00 bits per heavy atom. The maximum atomic E-state index is 4.51. The van der Waals surface area contributed by atoms with Gasteiger partial charge in [-0.05, 0) is 19.0 Å². The third kappa shape index (κ3) is 4.03. The summed E-state index contributed by atoms with van der Waals surface area (Å²) < 4.78 is 0. The van der Waals surface area contributed by atoms with Crippen LogP contribution >= 0.6 is 0 Å². The second-order valence-corrected chi connectivity index (χ2v) is 6.16. The molecule has 0 bridgehead atoms. The number of anilines is 2. The summed E-state index contributed by atoms with van der Waals surface area (Å²) in [6.45, 7) is 11.6. The monoisotopic (exact) mass is 325 g/mol. The number of piperazine rings is 1. The molecule has 24 heavy (non-hydrogen) atoms. The van der Waals surface area contributed by atoms with Gasteiger partial charge in [0.2, 0.25) is 0 Å². The Balaban J connectivity index is 1.71. The smallest absolute Gasteiger partial charge is 0.134 e. The molecular weight excluding hydrogens is 298 g/mol. The van der Waals surface area contributed by atoms with E-state index in [1.807, 2.05) is 0 Å². The van der Waals surface area contributed by atoms with Gasteiger partial charge in [-0.3, -0.25) is 0 Å². The lowest BCUT2D eigenvalue weighted by molar-refractivity contribution is 0.270. The molecule has 1 aliphatic rings. The maximum Gasteiger partial charge on any atom is 0.134 e. The molecule has 0 N–H and O–H groups in total. The van der Waals surface area contributed by atoms with E-state index in [0.29, 0.717) is 0 Å². The van der Waals surface area contributed by atoms with E-state index in [0.717, 1.165) is 57.4 Å². The van der Waals surface area contributed by atoms with Crippen molar-refractivity contribution in [3.63, 3.8) is 0 Å². The fourth-order valence-corrected chi connectivity index (χ4v) is 3.13. The van der Waals surface area contributed by atoms with Gasteiger partial charge >= 0.3 is 0 Å². The van der Waals surface area contributed by atoms with Crippen LogP contribution in [-0.4, -0.2) is 54.1 Å². The Bertz CT molecular complexity index is 623. The largest absolute Gasteiger partial charge is 0.354 e. The molecule has 0 saturated carbocycles. The third-order valence-corrected chi connectivity index (χ3v) is 4.70. The van der Waals surface area contributed by atoms with E-state index >= 15 is 0 Å². The Hall–Kier alpha value is -2.14. The van der Waals surface area contributed by atoms with Crippen molar-refractivity contribution in [2.24, 2.45) is 0 Å². The van der Waals surface area contributed by atoms with Crippen molar-refractivity contribution < 1.29 is 0 Å². The molecule has 0 spiro atoms. The van der Waals surface area contributed by atoms with Gasteiger partial charge in [0.25, 0.3) is 0 Å². The van der Waals surface area contributed by atoms with E-state index in [1.54, 1.807) is 6.33 Å². The first-order valence-corrected chi connectivity index (χ1v) is 8.88. The van der Waals surface area contributed by atoms with Gasteiger partial charge in [0.15, 0.2) is 0 Å². The van der Waals surface area contributed by atoms with Crippen molar-refractivity contribution in [3.05, 3.63) is 48.3 Å². The lowest BCUT2D eigenvalue weighted by Gasteiger charge is -2.35. The van der Waals surface area contributed by atoms with E-state index < -0.39 is 0 Å².